The first-order chi connectivity index (χ1) is 10.8. The summed E-state index contributed by atoms with van der Waals surface area (Å²) in [7, 11) is 0. The molecule has 1 aliphatic heterocycles. The number of hydrogen-bond donors (Lipinski definition) is 1. The zero-order valence-corrected chi connectivity index (χ0v) is 13.6. The Kier molecular flexibility index (Phi) is 3.93. The van der Waals surface area contributed by atoms with Crippen molar-refractivity contribution in [2.24, 2.45) is 0 Å². The molecule has 2 heterocycles. The molecular weight excluding hydrogens is 294 g/mol. The molecule has 4 heteroatoms. The number of nitrogens with zero attached hydrogens (tertiary/aromatic N) is 2. The Labute approximate surface area is 136 Å². The van der Waals surface area contributed by atoms with Crippen molar-refractivity contribution in [1.82, 2.24) is 15.1 Å². The van der Waals surface area contributed by atoms with Crippen LogP contribution in [0.25, 0.3) is 11.3 Å². The first-order valence-electron chi connectivity index (χ1n) is 8.40. The van der Waals surface area contributed by atoms with Crippen LogP contribution in [0.5, 0.6) is 0 Å². The third-order valence-corrected chi connectivity index (χ3v) is 5.21. The van der Waals surface area contributed by atoms with Crippen LogP contribution in [0.1, 0.15) is 49.4 Å². The molecule has 0 unspecified atom stereocenters. The molecule has 2 aliphatic rings. The second kappa shape index (κ2) is 6.05. The van der Waals surface area contributed by atoms with Gasteiger partial charge in [0.1, 0.15) is 0 Å². The Bertz CT molecular complexity index is 671. The third-order valence-electron chi connectivity index (χ3n) is 4.98. The molecular formula is C18H22ClN3. The van der Waals surface area contributed by atoms with E-state index in [2.05, 4.69) is 16.1 Å². The molecule has 0 bridgehead atoms. The highest BCUT2D eigenvalue weighted by atomic mass is 35.5. The summed E-state index contributed by atoms with van der Waals surface area (Å²) in [6, 6.07) is 8.68. The van der Waals surface area contributed by atoms with Crippen molar-refractivity contribution >= 4 is 11.6 Å². The molecule has 1 aliphatic carbocycles. The molecule has 1 aromatic heterocycles. The van der Waals surface area contributed by atoms with E-state index in [1.165, 1.54) is 43.4 Å². The van der Waals surface area contributed by atoms with Crippen molar-refractivity contribution in [3.63, 3.8) is 0 Å². The Morgan fingerprint density at radius 2 is 2.05 bits per heavy atom. The monoisotopic (exact) mass is 315 g/mol. The summed E-state index contributed by atoms with van der Waals surface area (Å²) in [6.45, 7) is 1.98. The molecule has 0 atom stereocenters. The van der Waals surface area contributed by atoms with E-state index < -0.39 is 0 Å². The predicted molar refractivity (Wildman–Crippen MR) is 90.2 cm³/mol. The van der Waals surface area contributed by atoms with Crippen LogP contribution in [0, 0.1) is 0 Å². The van der Waals surface area contributed by atoms with Crippen LogP contribution < -0.4 is 5.32 Å². The SMILES string of the molecule is Clc1cccc(-c2nn(C3CCCCC3)c3c2CNCC3)c1. The lowest BCUT2D eigenvalue weighted by Gasteiger charge is -2.25. The fourth-order valence-electron chi connectivity index (χ4n) is 3.87. The van der Waals surface area contributed by atoms with Crippen LogP contribution in [-0.2, 0) is 13.0 Å². The Morgan fingerprint density at radius 3 is 2.86 bits per heavy atom. The lowest BCUT2D eigenvalue weighted by molar-refractivity contribution is 0.320. The number of halogens is 1. The molecule has 2 aromatic rings. The van der Waals surface area contributed by atoms with Gasteiger partial charge in [-0.15, -0.1) is 0 Å². The number of aromatic nitrogens is 2. The molecule has 0 radical (unpaired) electrons. The van der Waals surface area contributed by atoms with Crippen LogP contribution >= 0.6 is 11.6 Å². The maximum Gasteiger partial charge on any atom is 0.0971 e. The summed E-state index contributed by atoms with van der Waals surface area (Å²) >= 11 is 6.18. The van der Waals surface area contributed by atoms with Gasteiger partial charge in [-0.2, -0.15) is 5.10 Å². The Hall–Kier alpha value is -1.32. The molecule has 3 nitrogen and oxygen atoms in total. The van der Waals surface area contributed by atoms with Gasteiger partial charge in [-0.1, -0.05) is 43.0 Å². The van der Waals surface area contributed by atoms with Crippen molar-refractivity contribution in [2.45, 2.75) is 51.1 Å². The van der Waals surface area contributed by atoms with Gasteiger partial charge in [0.05, 0.1) is 11.7 Å². The van der Waals surface area contributed by atoms with Gasteiger partial charge in [0.15, 0.2) is 0 Å². The van der Waals surface area contributed by atoms with Gasteiger partial charge in [-0.25, -0.2) is 0 Å². The highest BCUT2D eigenvalue weighted by molar-refractivity contribution is 6.30. The molecule has 1 N–H and O–H groups in total. The molecule has 1 fully saturated rings. The predicted octanol–water partition coefficient (Wildman–Crippen LogP) is 4.35. The molecule has 4 rings (SSSR count). The smallest absolute Gasteiger partial charge is 0.0971 e. The fourth-order valence-corrected chi connectivity index (χ4v) is 4.06. The molecule has 22 heavy (non-hydrogen) atoms. The number of rotatable bonds is 2. The van der Waals surface area contributed by atoms with E-state index in [4.69, 9.17) is 16.7 Å². The first kappa shape index (κ1) is 14.3. The highest BCUT2D eigenvalue weighted by Gasteiger charge is 2.26. The van der Waals surface area contributed by atoms with Gasteiger partial charge in [-0.05, 0) is 25.0 Å². The van der Waals surface area contributed by atoms with Crippen molar-refractivity contribution in [3.05, 3.63) is 40.5 Å². The highest BCUT2D eigenvalue weighted by Crippen LogP contribution is 2.35. The topological polar surface area (TPSA) is 29.9 Å². The van der Waals surface area contributed by atoms with Crippen molar-refractivity contribution in [3.8, 4) is 11.3 Å². The lowest BCUT2D eigenvalue weighted by Crippen LogP contribution is -2.26. The van der Waals surface area contributed by atoms with Gasteiger partial charge in [0.25, 0.3) is 0 Å². The standard InChI is InChI=1S/C18H22ClN3/c19-14-6-4-5-13(11-14)18-16-12-20-10-9-17(16)22(21-18)15-7-2-1-3-8-15/h4-6,11,15,20H,1-3,7-10,12H2. The molecule has 0 amide bonds. The van der Waals surface area contributed by atoms with Gasteiger partial charge < -0.3 is 5.32 Å². The Morgan fingerprint density at radius 1 is 1.18 bits per heavy atom. The van der Waals surface area contributed by atoms with Crippen LogP contribution in [0.4, 0.5) is 0 Å². The van der Waals surface area contributed by atoms with Crippen LogP contribution in [0.2, 0.25) is 5.02 Å². The number of nitrogens with one attached hydrogen (secondary N) is 1. The summed E-state index contributed by atoms with van der Waals surface area (Å²) < 4.78 is 2.35. The number of benzene rings is 1. The maximum atomic E-state index is 6.18. The van der Waals surface area contributed by atoms with Gasteiger partial charge >= 0.3 is 0 Å². The average molecular weight is 316 g/mol. The van der Waals surface area contributed by atoms with E-state index in [9.17, 15) is 0 Å². The Balaban J connectivity index is 1.80. The fraction of sp³-hybridized carbons (Fsp3) is 0.500. The molecule has 1 saturated carbocycles. The second-order valence-corrected chi connectivity index (χ2v) is 6.88. The number of fused-ring (bicyclic) bond motifs is 1. The quantitative estimate of drug-likeness (QED) is 0.892. The maximum absolute atomic E-state index is 6.18. The van der Waals surface area contributed by atoms with Gasteiger partial charge in [0, 0.05) is 41.4 Å². The minimum atomic E-state index is 0.591. The van der Waals surface area contributed by atoms with E-state index in [0.29, 0.717) is 6.04 Å². The zero-order chi connectivity index (χ0) is 14.9. The third kappa shape index (κ3) is 2.57. The van der Waals surface area contributed by atoms with E-state index >= 15 is 0 Å². The van der Waals surface area contributed by atoms with Gasteiger partial charge in [0.2, 0.25) is 0 Å². The zero-order valence-electron chi connectivity index (χ0n) is 12.8. The van der Waals surface area contributed by atoms with Gasteiger partial charge in [-0.3, -0.25) is 4.68 Å². The second-order valence-electron chi connectivity index (χ2n) is 6.45. The molecule has 0 saturated heterocycles. The summed E-state index contributed by atoms with van der Waals surface area (Å²) in [4.78, 5) is 0. The van der Waals surface area contributed by atoms with E-state index in [1.54, 1.807) is 0 Å². The van der Waals surface area contributed by atoms with Crippen LogP contribution in [0.15, 0.2) is 24.3 Å². The molecule has 116 valence electrons. The molecule has 0 spiro atoms. The normalized spacial score (nSPS) is 19.1. The first-order valence-corrected chi connectivity index (χ1v) is 8.77. The largest absolute Gasteiger partial charge is 0.312 e. The van der Waals surface area contributed by atoms with Crippen molar-refractivity contribution in [2.75, 3.05) is 6.54 Å². The minimum Gasteiger partial charge on any atom is -0.312 e. The van der Waals surface area contributed by atoms with Crippen molar-refractivity contribution < 1.29 is 0 Å². The summed E-state index contributed by atoms with van der Waals surface area (Å²) in [5.41, 5.74) is 5.08. The average Bonchev–Trinajstić information content (AvgIpc) is 2.95. The van der Waals surface area contributed by atoms with Crippen LogP contribution in [0.3, 0.4) is 0 Å². The lowest BCUT2D eigenvalue weighted by atomic mass is 9.95. The number of hydrogen-bond acceptors (Lipinski definition) is 2. The van der Waals surface area contributed by atoms with Crippen LogP contribution in [-0.4, -0.2) is 16.3 Å². The van der Waals surface area contributed by atoms with E-state index in [0.717, 1.165) is 35.8 Å². The molecule has 1 aromatic carbocycles. The minimum absolute atomic E-state index is 0.591. The summed E-state index contributed by atoms with van der Waals surface area (Å²) in [5, 5.41) is 9.32. The summed E-state index contributed by atoms with van der Waals surface area (Å²) in [6.07, 6.45) is 7.68. The van der Waals surface area contributed by atoms with E-state index in [1.807, 2.05) is 18.2 Å². The van der Waals surface area contributed by atoms with Crippen molar-refractivity contribution in [1.29, 1.82) is 0 Å². The summed E-state index contributed by atoms with van der Waals surface area (Å²) in [5.74, 6) is 0. The van der Waals surface area contributed by atoms with E-state index in [-0.39, 0.29) is 0 Å².